The van der Waals surface area contributed by atoms with Crippen LogP contribution in [0.25, 0.3) is 0 Å². The number of carbonyl (C=O) groups is 1. The average molecular weight is 369 g/mol. The van der Waals surface area contributed by atoms with E-state index in [1.54, 1.807) is 6.20 Å². The predicted octanol–water partition coefficient (Wildman–Crippen LogP) is 3.25. The summed E-state index contributed by atoms with van der Waals surface area (Å²) in [5.74, 6) is 0.910. The number of nitrogens with zero attached hydrogens (tertiary/aromatic N) is 3. The fourth-order valence-electron chi connectivity index (χ4n) is 3.92. The lowest BCUT2D eigenvalue weighted by Gasteiger charge is -2.37. The van der Waals surface area contributed by atoms with Crippen LogP contribution in [-0.4, -0.2) is 40.2 Å². The summed E-state index contributed by atoms with van der Waals surface area (Å²) in [4.78, 5) is 15.0. The van der Waals surface area contributed by atoms with Gasteiger partial charge in [-0.1, -0.05) is 31.2 Å². The Hall–Kier alpha value is -2.14. The monoisotopic (exact) mass is 368 g/mol. The summed E-state index contributed by atoms with van der Waals surface area (Å²) < 4.78 is 1.83. The summed E-state index contributed by atoms with van der Waals surface area (Å²) in [6, 6.07) is 10.8. The molecular formula is C22H32N4O. The zero-order chi connectivity index (χ0) is 19.2. The molecule has 1 amide bonds. The van der Waals surface area contributed by atoms with Gasteiger partial charge in [-0.15, -0.1) is 0 Å². The van der Waals surface area contributed by atoms with Gasteiger partial charge in [0.25, 0.3) is 0 Å². The second kappa shape index (κ2) is 9.18. The van der Waals surface area contributed by atoms with Crippen molar-refractivity contribution in [1.29, 1.82) is 0 Å². The van der Waals surface area contributed by atoms with Crippen LogP contribution in [0.5, 0.6) is 0 Å². The van der Waals surface area contributed by atoms with Crippen LogP contribution < -0.4 is 5.32 Å². The molecule has 27 heavy (non-hydrogen) atoms. The highest BCUT2D eigenvalue weighted by Gasteiger charge is 2.26. The van der Waals surface area contributed by atoms with Crippen molar-refractivity contribution in [3.05, 3.63) is 53.3 Å². The minimum Gasteiger partial charge on any atom is -0.354 e. The third kappa shape index (κ3) is 5.19. The van der Waals surface area contributed by atoms with Gasteiger partial charge in [-0.05, 0) is 62.4 Å². The number of hydrogen-bond acceptors (Lipinski definition) is 3. The quantitative estimate of drug-likeness (QED) is 0.816. The zero-order valence-corrected chi connectivity index (χ0v) is 16.8. The van der Waals surface area contributed by atoms with Crippen LogP contribution in [0.4, 0.5) is 0 Å². The molecule has 2 aromatic rings. The van der Waals surface area contributed by atoms with Crippen LogP contribution in [0, 0.1) is 12.8 Å². The fraction of sp³-hybridized carbons (Fsp3) is 0.545. The number of rotatable bonds is 7. The maximum atomic E-state index is 12.4. The molecule has 1 saturated heterocycles. The topological polar surface area (TPSA) is 50.2 Å². The first-order valence-corrected chi connectivity index (χ1v) is 10.1. The van der Waals surface area contributed by atoms with Crippen molar-refractivity contribution in [2.24, 2.45) is 13.0 Å². The molecule has 146 valence electrons. The number of piperidine rings is 1. The molecule has 3 rings (SSSR count). The van der Waals surface area contributed by atoms with Crippen molar-refractivity contribution in [3.8, 4) is 0 Å². The van der Waals surface area contributed by atoms with Crippen molar-refractivity contribution in [3.63, 3.8) is 0 Å². The first-order valence-electron chi connectivity index (χ1n) is 10.1. The van der Waals surface area contributed by atoms with E-state index in [-0.39, 0.29) is 11.9 Å². The van der Waals surface area contributed by atoms with E-state index in [1.807, 2.05) is 17.8 Å². The molecule has 1 aliphatic heterocycles. The summed E-state index contributed by atoms with van der Waals surface area (Å²) >= 11 is 0. The third-order valence-electron chi connectivity index (χ3n) is 5.83. The van der Waals surface area contributed by atoms with E-state index in [2.05, 4.69) is 53.4 Å². The molecule has 0 unspecified atom stereocenters. The number of carbonyl (C=O) groups excluding carboxylic acids is 1. The Kier molecular flexibility index (Phi) is 6.67. The van der Waals surface area contributed by atoms with Gasteiger partial charge in [0, 0.05) is 31.9 Å². The van der Waals surface area contributed by atoms with Gasteiger partial charge in [0.2, 0.25) is 5.91 Å². The molecule has 1 aromatic heterocycles. The van der Waals surface area contributed by atoms with Crippen molar-refractivity contribution >= 4 is 5.91 Å². The Morgan fingerprint density at radius 2 is 2.00 bits per heavy atom. The minimum absolute atomic E-state index is 0.111. The Bertz CT molecular complexity index is 746. The van der Waals surface area contributed by atoms with Crippen molar-refractivity contribution in [2.45, 2.75) is 45.6 Å². The molecule has 0 bridgehead atoms. The van der Waals surface area contributed by atoms with E-state index in [4.69, 9.17) is 0 Å². The minimum atomic E-state index is 0.111. The Morgan fingerprint density at radius 1 is 1.26 bits per heavy atom. The van der Waals surface area contributed by atoms with Gasteiger partial charge in [0.05, 0.1) is 6.04 Å². The van der Waals surface area contributed by atoms with Crippen LogP contribution in [0.2, 0.25) is 0 Å². The molecule has 1 fully saturated rings. The highest BCUT2D eigenvalue weighted by atomic mass is 16.1. The number of nitrogens with one attached hydrogen (secondary N) is 1. The van der Waals surface area contributed by atoms with Crippen molar-refractivity contribution < 1.29 is 4.79 Å². The number of hydrogen-bond donors (Lipinski definition) is 1. The number of benzene rings is 1. The molecule has 0 radical (unpaired) electrons. The summed E-state index contributed by atoms with van der Waals surface area (Å²) in [6.45, 7) is 7.37. The van der Waals surface area contributed by atoms with E-state index < -0.39 is 0 Å². The maximum Gasteiger partial charge on any atom is 0.220 e. The normalized spacial score (nSPS) is 17.0. The lowest BCUT2D eigenvalue weighted by molar-refractivity contribution is -0.121. The van der Waals surface area contributed by atoms with E-state index in [1.165, 1.54) is 24.0 Å². The van der Waals surface area contributed by atoms with Crippen LogP contribution in [0.15, 0.2) is 36.5 Å². The van der Waals surface area contributed by atoms with Crippen LogP contribution in [0.3, 0.4) is 0 Å². The summed E-state index contributed by atoms with van der Waals surface area (Å²) in [5, 5.41) is 7.35. The molecule has 5 nitrogen and oxygen atoms in total. The van der Waals surface area contributed by atoms with Gasteiger partial charge in [0.15, 0.2) is 0 Å². The lowest BCUT2D eigenvalue weighted by Crippen LogP contribution is -2.42. The van der Waals surface area contributed by atoms with E-state index in [0.29, 0.717) is 13.0 Å². The summed E-state index contributed by atoms with van der Waals surface area (Å²) in [6.07, 6.45) is 5.46. The smallest absolute Gasteiger partial charge is 0.220 e. The second-order valence-corrected chi connectivity index (χ2v) is 7.84. The van der Waals surface area contributed by atoms with Gasteiger partial charge >= 0.3 is 0 Å². The molecule has 1 aromatic carbocycles. The molecular weight excluding hydrogens is 336 g/mol. The van der Waals surface area contributed by atoms with Crippen molar-refractivity contribution in [2.75, 3.05) is 19.6 Å². The zero-order valence-electron chi connectivity index (χ0n) is 16.8. The largest absolute Gasteiger partial charge is 0.354 e. The summed E-state index contributed by atoms with van der Waals surface area (Å²) in [5.41, 5.74) is 3.72. The number of aryl methyl sites for hydroxylation is 3. The SMILES string of the molecule is Cc1ccccc1[C@@H](CNC(=O)CCc1ccnn1C)N1CCC(C)CC1. The first kappa shape index (κ1) is 19.6. The van der Waals surface area contributed by atoms with Gasteiger partial charge in [-0.3, -0.25) is 14.4 Å². The standard InChI is InChI=1S/C22H32N4O/c1-17-11-14-26(15-12-17)21(20-7-5-4-6-18(20)2)16-23-22(27)9-8-19-10-13-24-25(19)3/h4-7,10,13,17,21H,8-9,11-12,14-16H2,1-3H3,(H,23,27)/t21-/m1/s1. The highest BCUT2D eigenvalue weighted by molar-refractivity contribution is 5.76. The van der Waals surface area contributed by atoms with Crippen molar-refractivity contribution in [1.82, 2.24) is 20.0 Å². The van der Waals surface area contributed by atoms with Crippen LogP contribution >= 0.6 is 0 Å². The molecule has 1 N–H and O–H groups in total. The average Bonchev–Trinajstić information content (AvgIpc) is 3.08. The second-order valence-electron chi connectivity index (χ2n) is 7.84. The van der Waals surface area contributed by atoms with Gasteiger partial charge in [-0.25, -0.2) is 0 Å². The highest BCUT2D eigenvalue weighted by Crippen LogP contribution is 2.28. The summed E-state index contributed by atoms with van der Waals surface area (Å²) in [7, 11) is 1.92. The number of amides is 1. The predicted molar refractivity (Wildman–Crippen MR) is 108 cm³/mol. The first-order chi connectivity index (χ1) is 13.0. The van der Waals surface area contributed by atoms with Crippen LogP contribution in [0.1, 0.15) is 49.0 Å². The molecule has 5 heteroatoms. The number of likely N-dealkylation sites (tertiary alicyclic amines) is 1. The molecule has 1 atom stereocenters. The fourth-order valence-corrected chi connectivity index (χ4v) is 3.92. The Morgan fingerprint density at radius 3 is 2.67 bits per heavy atom. The van der Waals surface area contributed by atoms with Gasteiger partial charge in [0.1, 0.15) is 0 Å². The van der Waals surface area contributed by atoms with E-state index >= 15 is 0 Å². The third-order valence-corrected chi connectivity index (χ3v) is 5.83. The molecule has 1 aliphatic rings. The van der Waals surface area contributed by atoms with Gasteiger partial charge < -0.3 is 5.32 Å². The Labute approximate surface area is 162 Å². The molecule has 2 heterocycles. The van der Waals surface area contributed by atoms with Crippen LogP contribution in [-0.2, 0) is 18.3 Å². The Balaban J connectivity index is 1.62. The lowest BCUT2D eigenvalue weighted by atomic mass is 9.94. The molecule has 0 aliphatic carbocycles. The van der Waals surface area contributed by atoms with E-state index in [0.717, 1.165) is 31.1 Å². The van der Waals surface area contributed by atoms with Gasteiger partial charge in [-0.2, -0.15) is 5.10 Å². The maximum absolute atomic E-state index is 12.4. The van der Waals surface area contributed by atoms with E-state index in [9.17, 15) is 4.79 Å². The molecule has 0 spiro atoms. The molecule has 0 saturated carbocycles. The number of aromatic nitrogens is 2.